The van der Waals surface area contributed by atoms with Crippen LogP contribution in [0.25, 0.3) is 0 Å². The van der Waals surface area contributed by atoms with Crippen LogP contribution in [-0.2, 0) is 9.53 Å². The molecule has 2 rings (SSSR count). The van der Waals surface area contributed by atoms with E-state index in [0.717, 1.165) is 30.9 Å². The first-order chi connectivity index (χ1) is 11.1. The summed E-state index contributed by atoms with van der Waals surface area (Å²) in [4.78, 5) is 12.2. The molecule has 1 aromatic rings. The molecule has 24 heavy (non-hydrogen) atoms. The fourth-order valence-electron chi connectivity index (χ4n) is 2.39. The maximum Gasteiger partial charge on any atom is 0.250 e. The van der Waals surface area contributed by atoms with E-state index >= 15 is 0 Å². The molecule has 0 aromatic heterocycles. The van der Waals surface area contributed by atoms with Gasteiger partial charge in [0.1, 0.15) is 11.9 Å². The number of nitrogens with one attached hydrogen (secondary N) is 2. The maximum absolute atomic E-state index is 12.2. The first kappa shape index (κ1) is 20.7. The molecule has 0 spiro atoms. The molecule has 1 saturated heterocycles. The first-order valence-corrected chi connectivity index (χ1v) is 8.41. The number of benzene rings is 1. The summed E-state index contributed by atoms with van der Waals surface area (Å²) in [6.45, 7) is 9.02. The minimum absolute atomic E-state index is 0. The summed E-state index contributed by atoms with van der Waals surface area (Å²) >= 11 is 0. The van der Waals surface area contributed by atoms with E-state index < -0.39 is 6.10 Å². The van der Waals surface area contributed by atoms with Gasteiger partial charge < -0.3 is 20.1 Å². The van der Waals surface area contributed by atoms with Crippen molar-refractivity contribution in [3.05, 3.63) is 29.8 Å². The Balaban J connectivity index is 0.00000288. The van der Waals surface area contributed by atoms with Gasteiger partial charge in [0.25, 0.3) is 5.91 Å². The Labute approximate surface area is 150 Å². The van der Waals surface area contributed by atoms with Crippen molar-refractivity contribution in [1.82, 2.24) is 10.6 Å². The van der Waals surface area contributed by atoms with Gasteiger partial charge in [-0.3, -0.25) is 4.79 Å². The zero-order valence-electron chi connectivity index (χ0n) is 14.7. The largest absolute Gasteiger partial charge is 0.494 e. The van der Waals surface area contributed by atoms with Gasteiger partial charge in [-0.1, -0.05) is 26.0 Å². The fourth-order valence-corrected chi connectivity index (χ4v) is 2.39. The van der Waals surface area contributed by atoms with Crippen molar-refractivity contribution in [1.29, 1.82) is 0 Å². The summed E-state index contributed by atoms with van der Waals surface area (Å²) in [6.07, 6.45) is 0.647. The number of halogens is 1. The molecule has 136 valence electrons. The van der Waals surface area contributed by atoms with Crippen LogP contribution in [0.4, 0.5) is 0 Å². The van der Waals surface area contributed by atoms with Gasteiger partial charge in [-0.15, -0.1) is 12.4 Å². The summed E-state index contributed by atoms with van der Waals surface area (Å²) in [5.74, 6) is 1.44. The van der Waals surface area contributed by atoms with Crippen LogP contribution in [0.5, 0.6) is 5.75 Å². The van der Waals surface area contributed by atoms with Crippen LogP contribution in [0.15, 0.2) is 24.3 Å². The third-order valence-electron chi connectivity index (χ3n) is 3.92. The van der Waals surface area contributed by atoms with Crippen molar-refractivity contribution in [2.75, 3.05) is 26.3 Å². The van der Waals surface area contributed by atoms with Crippen molar-refractivity contribution in [2.45, 2.75) is 39.3 Å². The molecule has 1 aromatic carbocycles. The Hall–Kier alpha value is -1.30. The predicted molar refractivity (Wildman–Crippen MR) is 97.8 cm³/mol. The lowest BCUT2D eigenvalue weighted by atomic mass is 10.1. The van der Waals surface area contributed by atoms with Crippen LogP contribution in [0.1, 0.15) is 38.8 Å². The van der Waals surface area contributed by atoms with Crippen molar-refractivity contribution in [2.24, 2.45) is 5.92 Å². The molecule has 1 aliphatic rings. The van der Waals surface area contributed by atoms with Crippen LogP contribution >= 0.6 is 12.4 Å². The summed E-state index contributed by atoms with van der Waals surface area (Å²) in [7, 11) is 0. The second-order valence-corrected chi connectivity index (χ2v) is 6.39. The van der Waals surface area contributed by atoms with Gasteiger partial charge >= 0.3 is 0 Å². The molecule has 0 bridgehead atoms. The van der Waals surface area contributed by atoms with E-state index in [9.17, 15) is 4.79 Å². The minimum atomic E-state index is -0.398. The first-order valence-electron chi connectivity index (χ1n) is 8.41. The zero-order valence-corrected chi connectivity index (χ0v) is 15.5. The Kier molecular flexibility index (Phi) is 9.11. The summed E-state index contributed by atoms with van der Waals surface area (Å²) in [5.41, 5.74) is 1.05. The molecule has 1 aliphatic heterocycles. The standard InChI is InChI=1S/C18H28N2O3.ClH/c1-13(2)8-10-22-16-6-4-15(5-7-16)14(3)20-18(21)17-12-19-9-11-23-17;/h4-7,13-14,17,19H,8-12H2,1-3H3,(H,20,21);1H. The smallest absolute Gasteiger partial charge is 0.250 e. The van der Waals surface area contributed by atoms with E-state index in [1.54, 1.807) is 0 Å². The third-order valence-corrected chi connectivity index (χ3v) is 3.92. The van der Waals surface area contributed by atoms with E-state index in [0.29, 0.717) is 19.1 Å². The topological polar surface area (TPSA) is 59.6 Å². The van der Waals surface area contributed by atoms with E-state index in [2.05, 4.69) is 24.5 Å². The van der Waals surface area contributed by atoms with Crippen LogP contribution < -0.4 is 15.4 Å². The normalized spacial score (nSPS) is 18.6. The van der Waals surface area contributed by atoms with Crippen molar-refractivity contribution in [3.8, 4) is 5.75 Å². The molecular weight excluding hydrogens is 328 g/mol. The van der Waals surface area contributed by atoms with Crippen molar-refractivity contribution >= 4 is 18.3 Å². The monoisotopic (exact) mass is 356 g/mol. The molecule has 1 fully saturated rings. The molecule has 5 nitrogen and oxygen atoms in total. The lowest BCUT2D eigenvalue weighted by Crippen LogP contribution is -2.48. The van der Waals surface area contributed by atoms with Gasteiger partial charge in [0.15, 0.2) is 0 Å². The van der Waals surface area contributed by atoms with Crippen LogP contribution in [0, 0.1) is 5.92 Å². The molecule has 6 heteroatoms. The Bertz CT molecular complexity index is 488. The van der Waals surface area contributed by atoms with E-state index in [4.69, 9.17) is 9.47 Å². The van der Waals surface area contributed by atoms with Gasteiger partial charge in [0, 0.05) is 13.1 Å². The zero-order chi connectivity index (χ0) is 16.7. The Morgan fingerprint density at radius 3 is 2.62 bits per heavy atom. The second kappa shape index (κ2) is 10.5. The molecule has 2 N–H and O–H groups in total. The van der Waals surface area contributed by atoms with Gasteiger partial charge in [-0.25, -0.2) is 0 Å². The molecule has 2 unspecified atom stereocenters. The van der Waals surface area contributed by atoms with E-state index in [-0.39, 0.29) is 24.4 Å². The van der Waals surface area contributed by atoms with Crippen LogP contribution in [0.3, 0.4) is 0 Å². The molecule has 2 atom stereocenters. The van der Waals surface area contributed by atoms with Gasteiger partial charge in [-0.2, -0.15) is 0 Å². The molecule has 0 saturated carbocycles. The third kappa shape index (κ3) is 6.67. The van der Waals surface area contributed by atoms with Gasteiger partial charge in [-0.05, 0) is 37.0 Å². The lowest BCUT2D eigenvalue weighted by Gasteiger charge is -2.24. The highest BCUT2D eigenvalue weighted by Crippen LogP contribution is 2.18. The molecule has 0 radical (unpaired) electrons. The SMILES string of the molecule is CC(C)CCOc1ccc(C(C)NC(=O)C2CNCCO2)cc1.Cl. The predicted octanol–water partition coefficient (Wildman–Crippen LogP) is 2.70. The number of carbonyl (C=O) groups excluding carboxylic acids is 1. The fraction of sp³-hybridized carbons (Fsp3) is 0.611. The highest BCUT2D eigenvalue weighted by atomic mass is 35.5. The van der Waals surface area contributed by atoms with Crippen molar-refractivity contribution < 1.29 is 14.3 Å². The summed E-state index contributed by atoms with van der Waals surface area (Å²) in [6, 6.07) is 7.84. The van der Waals surface area contributed by atoms with E-state index in [1.165, 1.54) is 0 Å². The number of carbonyl (C=O) groups is 1. The van der Waals surface area contributed by atoms with Gasteiger partial charge in [0.2, 0.25) is 0 Å². The average Bonchev–Trinajstić information content (AvgIpc) is 2.56. The van der Waals surface area contributed by atoms with Gasteiger partial charge in [0.05, 0.1) is 19.3 Å². The Morgan fingerprint density at radius 1 is 1.33 bits per heavy atom. The average molecular weight is 357 g/mol. The number of morpholine rings is 1. The second-order valence-electron chi connectivity index (χ2n) is 6.39. The number of rotatable bonds is 7. The van der Waals surface area contributed by atoms with Crippen molar-refractivity contribution in [3.63, 3.8) is 0 Å². The lowest BCUT2D eigenvalue weighted by molar-refractivity contribution is -0.134. The maximum atomic E-state index is 12.2. The summed E-state index contributed by atoms with van der Waals surface area (Å²) in [5, 5.41) is 6.16. The number of hydrogen-bond acceptors (Lipinski definition) is 4. The number of ether oxygens (including phenoxy) is 2. The highest BCUT2D eigenvalue weighted by Gasteiger charge is 2.23. The molecule has 1 heterocycles. The summed E-state index contributed by atoms with van der Waals surface area (Å²) < 4.78 is 11.2. The molecular formula is C18H29ClN2O3. The quantitative estimate of drug-likeness (QED) is 0.788. The number of amides is 1. The Morgan fingerprint density at radius 2 is 2.04 bits per heavy atom. The molecule has 1 amide bonds. The molecule has 0 aliphatic carbocycles. The highest BCUT2D eigenvalue weighted by molar-refractivity contribution is 5.85. The minimum Gasteiger partial charge on any atom is -0.494 e. The number of hydrogen-bond donors (Lipinski definition) is 2. The van der Waals surface area contributed by atoms with Crippen LogP contribution in [0.2, 0.25) is 0 Å². The van der Waals surface area contributed by atoms with E-state index in [1.807, 2.05) is 31.2 Å². The van der Waals surface area contributed by atoms with Crippen LogP contribution in [-0.4, -0.2) is 38.3 Å².